The van der Waals surface area contributed by atoms with E-state index in [0.717, 1.165) is 42.5 Å². The predicted molar refractivity (Wildman–Crippen MR) is 197 cm³/mol. The molecule has 0 unspecified atom stereocenters. The number of pyridine rings is 1. The van der Waals surface area contributed by atoms with Gasteiger partial charge >= 0.3 is 0 Å². The minimum absolute atomic E-state index is 0. The second-order valence-corrected chi connectivity index (χ2v) is 14.4. The van der Waals surface area contributed by atoms with Gasteiger partial charge in [-0.1, -0.05) is 97.4 Å². The summed E-state index contributed by atoms with van der Waals surface area (Å²) in [4.78, 5) is 18.2. The zero-order valence-corrected chi connectivity index (χ0v) is 32.2. The summed E-state index contributed by atoms with van der Waals surface area (Å²) in [7, 11) is 0. The molecule has 1 aliphatic carbocycles. The van der Waals surface area contributed by atoms with Crippen molar-refractivity contribution >= 4 is 38.1 Å². The van der Waals surface area contributed by atoms with E-state index in [1.54, 1.807) is 0 Å². The summed E-state index contributed by atoms with van der Waals surface area (Å²) in [5, 5.41) is 12.3. The summed E-state index contributed by atoms with van der Waals surface area (Å²) in [5.41, 5.74) is 8.59. The van der Waals surface area contributed by atoms with Gasteiger partial charge in [0.25, 0.3) is 0 Å². The minimum atomic E-state index is -0.0878. The van der Waals surface area contributed by atoms with Crippen LogP contribution in [0.2, 0.25) is 0 Å². The number of aliphatic hydroxyl groups is 1. The molecule has 2 heterocycles. The maximum atomic E-state index is 11.7. The van der Waals surface area contributed by atoms with Crippen molar-refractivity contribution in [3.8, 4) is 21.7 Å². The zero-order valence-electron chi connectivity index (χ0n) is 29.0. The topological polar surface area (TPSA) is 50.2 Å². The van der Waals surface area contributed by atoms with Crippen molar-refractivity contribution in [3.05, 3.63) is 101 Å². The van der Waals surface area contributed by atoms with Crippen LogP contribution in [-0.4, -0.2) is 15.9 Å². The van der Waals surface area contributed by atoms with Gasteiger partial charge in [-0.2, -0.15) is 0 Å². The minimum Gasteiger partial charge on any atom is -0.512 e. The molecule has 0 aliphatic heterocycles. The summed E-state index contributed by atoms with van der Waals surface area (Å²) >= 11 is 1.91. The van der Waals surface area contributed by atoms with Gasteiger partial charge in [-0.15, -0.1) is 40.7 Å². The number of allylic oxidation sites excluding steroid dienone is 2. The molecule has 0 saturated carbocycles. The number of fused-ring (bicyclic) bond motifs is 6. The van der Waals surface area contributed by atoms with Crippen LogP contribution in [0.5, 0.6) is 0 Å². The average Bonchev–Trinajstić information content (AvgIpc) is 3.55. The fourth-order valence-corrected chi connectivity index (χ4v) is 8.34. The van der Waals surface area contributed by atoms with Crippen LogP contribution in [-0.2, 0) is 30.3 Å². The van der Waals surface area contributed by atoms with Gasteiger partial charge in [-0.3, -0.25) is 9.78 Å². The fraction of sp³-hybridized carbons (Fsp3) is 0.381. The first kappa shape index (κ1) is 36.7. The molecule has 0 spiro atoms. The maximum Gasteiger partial charge on any atom is 0.162 e. The molecule has 0 bridgehead atoms. The second-order valence-electron chi connectivity index (χ2n) is 13.4. The van der Waals surface area contributed by atoms with Crippen LogP contribution >= 0.6 is 11.3 Å². The van der Waals surface area contributed by atoms with Crippen LogP contribution in [0.1, 0.15) is 104 Å². The number of aliphatic hydroxyl groups excluding tert-OH is 1. The molecule has 47 heavy (non-hydrogen) atoms. The Balaban J connectivity index is 0.000000269. The Morgan fingerprint density at radius 1 is 0.915 bits per heavy atom. The molecule has 249 valence electrons. The quantitative estimate of drug-likeness (QED) is 0.0915. The van der Waals surface area contributed by atoms with Gasteiger partial charge in [0.1, 0.15) is 0 Å². The molecular formula is C42H48IrNO2S-. The summed E-state index contributed by atoms with van der Waals surface area (Å²) in [6, 6.07) is 27.6. The number of hydrogen-bond acceptors (Lipinski definition) is 4. The molecule has 6 rings (SSSR count). The van der Waals surface area contributed by atoms with E-state index < -0.39 is 0 Å². The van der Waals surface area contributed by atoms with Crippen molar-refractivity contribution in [1.82, 2.24) is 4.98 Å². The second kappa shape index (κ2) is 15.4. The van der Waals surface area contributed by atoms with Gasteiger partial charge in [0.15, 0.2) is 5.78 Å². The van der Waals surface area contributed by atoms with Gasteiger partial charge in [-0.05, 0) is 82.8 Å². The molecule has 5 heteroatoms. The van der Waals surface area contributed by atoms with Gasteiger partial charge in [0, 0.05) is 47.6 Å². The molecule has 1 N–H and O–H groups in total. The summed E-state index contributed by atoms with van der Waals surface area (Å²) < 4.78 is 1.37. The average molecular weight is 823 g/mol. The molecule has 0 saturated heterocycles. The van der Waals surface area contributed by atoms with E-state index >= 15 is 0 Å². The van der Waals surface area contributed by atoms with E-state index in [1.807, 2.05) is 39.0 Å². The first-order valence-electron chi connectivity index (χ1n) is 17.0. The standard InChI is InChI=1S/C29H24NS.C13H24O2.Ir/c1-17(2)18-12-14-23-19(16-18)13-15-24(30-23)20-9-7-10-22-26(20)29(3,4)27-21-8-5-6-11-25(21)31-28(22)27;1-5-10(6-2)12(14)9-13(15)11(7-3)8-4;/h5-8,10-17H,1-4H3;9-11,14H,5-8H2,1-4H3;/q-1;;/b;12-9-;. The van der Waals surface area contributed by atoms with Gasteiger partial charge in [0.2, 0.25) is 0 Å². The van der Waals surface area contributed by atoms with Gasteiger partial charge < -0.3 is 5.11 Å². The number of carbonyl (C=O) groups is 1. The Bertz CT molecular complexity index is 1890. The first-order valence-corrected chi connectivity index (χ1v) is 17.8. The van der Waals surface area contributed by atoms with Crippen LogP contribution in [0.4, 0.5) is 0 Å². The number of rotatable bonds is 9. The Morgan fingerprint density at radius 2 is 1.60 bits per heavy atom. The number of benzene rings is 3. The van der Waals surface area contributed by atoms with E-state index in [4.69, 9.17) is 4.98 Å². The fourth-order valence-electron chi connectivity index (χ4n) is 6.94. The number of thiophene rings is 1. The van der Waals surface area contributed by atoms with E-state index in [9.17, 15) is 9.90 Å². The smallest absolute Gasteiger partial charge is 0.162 e. The first-order chi connectivity index (χ1) is 22.0. The maximum absolute atomic E-state index is 11.7. The summed E-state index contributed by atoms with van der Waals surface area (Å²) in [5.74, 6) is 1.07. The Labute approximate surface area is 298 Å². The van der Waals surface area contributed by atoms with Crippen molar-refractivity contribution in [2.75, 3.05) is 0 Å². The van der Waals surface area contributed by atoms with Gasteiger partial charge in [0.05, 0.1) is 11.3 Å². The largest absolute Gasteiger partial charge is 0.512 e. The van der Waals surface area contributed by atoms with Crippen molar-refractivity contribution in [2.24, 2.45) is 11.8 Å². The van der Waals surface area contributed by atoms with Crippen LogP contribution < -0.4 is 0 Å². The molecule has 0 fully saturated rings. The number of carbonyl (C=O) groups excluding carboxylic acids is 1. The monoisotopic (exact) mass is 823 g/mol. The number of hydrogen-bond donors (Lipinski definition) is 1. The van der Waals surface area contributed by atoms with E-state index in [2.05, 4.69) is 100 Å². The molecular weight excluding hydrogens is 775 g/mol. The predicted octanol–water partition coefficient (Wildman–Crippen LogP) is 12.2. The molecule has 1 radical (unpaired) electrons. The van der Waals surface area contributed by atoms with Crippen molar-refractivity contribution in [3.63, 3.8) is 0 Å². The molecule has 3 nitrogen and oxygen atoms in total. The number of aromatic nitrogens is 1. The Kier molecular flexibility index (Phi) is 12.0. The van der Waals surface area contributed by atoms with Crippen molar-refractivity contribution in [1.29, 1.82) is 0 Å². The normalized spacial score (nSPS) is 13.5. The van der Waals surface area contributed by atoms with Crippen LogP contribution in [0.25, 0.3) is 42.7 Å². The summed E-state index contributed by atoms with van der Waals surface area (Å²) in [6.45, 7) is 17.2. The van der Waals surface area contributed by atoms with Crippen LogP contribution in [0, 0.1) is 17.9 Å². The molecule has 5 aromatic rings. The van der Waals surface area contributed by atoms with Crippen LogP contribution in [0.15, 0.2) is 78.6 Å². The molecule has 3 aromatic carbocycles. The van der Waals surface area contributed by atoms with E-state index in [0.29, 0.717) is 5.92 Å². The Hall–Kier alpha value is -3.11. The third-order valence-electron chi connectivity index (χ3n) is 9.81. The molecule has 2 aromatic heterocycles. The van der Waals surface area contributed by atoms with Crippen LogP contribution in [0.3, 0.4) is 0 Å². The number of ketones is 1. The van der Waals surface area contributed by atoms with Gasteiger partial charge in [-0.25, -0.2) is 0 Å². The Morgan fingerprint density at radius 3 is 2.26 bits per heavy atom. The van der Waals surface area contributed by atoms with E-state index in [-0.39, 0.29) is 48.9 Å². The third-order valence-corrected chi connectivity index (χ3v) is 11.0. The van der Waals surface area contributed by atoms with Crippen molar-refractivity contribution in [2.45, 2.75) is 92.4 Å². The molecule has 1 aliphatic rings. The third kappa shape index (κ3) is 7.19. The SMILES string of the molecule is CC(C)c1ccc2nc(-c3[c-]ccc4c3C(C)(C)c3c-4sc4ccccc34)ccc2c1.CCC(CC)C(=O)/C=C(\O)C(CC)CC.[Ir]. The van der Waals surface area contributed by atoms with Crippen molar-refractivity contribution < 1.29 is 30.0 Å². The molecule has 0 amide bonds. The number of nitrogens with zero attached hydrogens (tertiary/aromatic N) is 1. The summed E-state index contributed by atoms with van der Waals surface area (Å²) in [6.07, 6.45) is 4.91. The molecule has 0 atom stereocenters. The zero-order chi connectivity index (χ0) is 33.2. The van der Waals surface area contributed by atoms with E-state index in [1.165, 1.54) is 48.7 Å².